The second-order valence-corrected chi connectivity index (χ2v) is 6.23. The molecule has 0 radical (unpaired) electrons. The van der Waals surface area contributed by atoms with Crippen molar-refractivity contribution >= 4 is 43.7 Å². The molecule has 0 bridgehead atoms. The Labute approximate surface area is 129 Å². The Bertz CT molecular complexity index is 828. The predicted molar refractivity (Wildman–Crippen MR) is 88.1 cm³/mol. The fraction of sp³-hybridized carbons (Fsp3) is 0.0667. The van der Waals surface area contributed by atoms with E-state index in [0.29, 0.717) is 0 Å². The lowest BCUT2D eigenvalue weighted by Gasteiger charge is -1.93. The molecule has 0 amide bonds. The van der Waals surface area contributed by atoms with Crippen molar-refractivity contribution in [2.45, 2.75) is 0 Å². The minimum absolute atomic E-state index is 0.888. The van der Waals surface area contributed by atoms with E-state index < -0.39 is 0 Å². The highest BCUT2D eigenvalue weighted by atomic mass is 79.9. The molecule has 0 saturated carbocycles. The zero-order valence-electron chi connectivity index (χ0n) is 10.8. The maximum atomic E-state index is 4.30. The lowest BCUT2D eigenvalue weighted by atomic mass is 10.2. The number of hydrogen-bond donors (Lipinski definition) is 0. The van der Waals surface area contributed by atoms with Crippen molar-refractivity contribution in [3.63, 3.8) is 0 Å². The number of halogens is 1. The van der Waals surface area contributed by atoms with Gasteiger partial charge in [0.05, 0.1) is 16.4 Å². The van der Waals surface area contributed by atoms with Gasteiger partial charge in [0.2, 0.25) is 4.80 Å². The molecule has 20 heavy (non-hydrogen) atoms. The van der Waals surface area contributed by atoms with Crippen LogP contribution in [0.25, 0.3) is 10.2 Å². The van der Waals surface area contributed by atoms with Crippen LogP contribution in [-0.4, -0.2) is 10.8 Å². The molecule has 0 fully saturated rings. The molecular formula is C15H12BrN3S. The number of fused-ring (bicyclic) bond motifs is 1. The smallest absolute Gasteiger partial charge is 0.211 e. The number of rotatable bonds is 2. The highest BCUT2D eigenvalue weighted by Gasteiger charge is 2.00. The largest absolute Gasteiger partial charge is 0.318 e. The zero-order valence-corrected chi connectivity index (χ0v) is 13.2. The summed E-state index contributed by atoms with van der Waals surface area (Å²) in [6.07, 6.45) is 1.76. The van der Waals surface area contributed by atoms with Crippen LogP contribution in [0.5, 0.6) is 0 Å². The number of thiazole rings is 1. The van der Waals surface area contributed by atoms with Crippen LogP contribution in [0.2, 0.25) is 0 Å². The topological polar surface area (TPSA) is 29.6 Å². The molecule has 0 aliphatic heterocycles. The van der Waals surface area contributed by atoms with Gasteiger partial charge >= 0.3 is 0 Å². The molecule has 0 saturated heterocycles. The zero-order chi connectivity index (χ0) is 13.9. The Morgan fingerprint density at radius 1 is 1.10 bits per heavy atom. The summed E-state index contributed by atoms with van der Waals surface area (Å²) < 4.78 is 4.33. The summed E-state index contributed by atoms with van der Waals surface area (Å²) in [5.74, 6) is 0. The van der Waals surface area contributed by atoms with Gasteiger partial charge in [-0.3, -0.25) is 0 Å². The quantitative estimate of drug-likeness (QED) is 0.497. The van der Waals surface area contributed by atoms with E-state index in [4.69, 9.17) is 0 Å². The average molecular weight is 346 g/mol. The van der Waals surface area contributed by atoms with E-state index in [0.717, 1.165) is 14.8 Å². The van der Waals surface area contributed by atoms with Gasteiger partial charge in [0, 0.05) is 11.5 Å². The summed E-state index contributed by atoms with van der Waals surface area (Å²) in [4.78, 5) is 0.888. The van der Waals surface area contributed by atoms with Crippen molar-refractivity contribution < 1.29 is 0 Å². The first-order chi connectivity index (χ1) is 9.74. The van der Waals surface area contributed by atoms with Gasteiger partial charge in [0.25, 0.3) is 0 Å². The normalized spacial score (nSPS) is 12.6. The van der Waals surface area contributed by atoms with E-state index in [1.807, 2.05) is 43.4 Å². The molecule has 5 heteroatoms. The van der Waals surface area contributed by atoms with Crippen molar-refractivity contribution in [2.24, 2.45) is 17.3 Å². The first-order valence-corrected chi connectivity index (χ1v) is 7.72. The van der Waals surface area contributed by atoms with Gasteiger partial charge in [-0.2, -0.15) is 5.10 Å². The number of para-hydroxylation sites is 1. The Kier molecular flexibility index (Phi) is 3.80. The van der Waals surface area contributed by atoms with Crippen LogP contribution in [0.1, 0.15) is 5.56 Å². The summed E-state index contributed by atoms with van der Waals surface area (Å²) in [7, 11) is 2.01. The maximum Gasteiger partial charge on any atom is 0.211 e. The molecule has 100 valence electrons. The Morgan fingerprint density at radius 2 is 1.85 bits per heavy atom. The Morgan fingerprint density at radius 3 is 2.60 bits per heavy atom. The van der Waals surface area contributed by atoms with Gasteiger partial charge in [-0.25, -0.2) is 0 Å². The van der Waals surface area contributed by atoms with Gasteiger partial charge < -0.3 is 4.57 Å². The van der Waals surface area contributed by atoms with Crippen molar-refractivity contribution in [1.29, 1.82) is 0 Å². The number of aromatic nitrogens is 1. The minimum atomic E-state index is 0.888. The molecule has 3 rings (SSSR count). The summed E-state index contributed by atoms with van der Waals surface area (Å²) in [5.41, 5.74) is 2.20. The standard InChI is InChI=1S/C15H12BrN3S/c1-19-13-4-2-3-5-14(13)20-15(19)18-17-10-11-6-8-12(16)9-7-11/h2-10H,1H3/b17-10-,18-15+. The van der Waals surface area contributed by atoms with Crippen LogP contribution < -0.4 is 4.80 Å². The number of hydrogen-bond acceptors (Lipinski definition) is 3. The van der Waals surface area contributed by atoms with Crippen molar-refractivity contribution in [3.05, 3.63) is 63.4 Å². The molecule has 0 unspecified atom stereocenters. The molecule has 2 aromatic carbocycles. The van der Waals surface area contributed by atoms with Gasteiger partial charge in [0.1, 0.15) is 0 Å². The lowest BCUT2D eigenvalue weighted by Crippen LogP contribution is -2.08. The highest BCUT2D eigenvalue weighted by molar-refractivity contribution is 9.10. The van der Waals surface area contributed by atoms with Gasteiger partial charge in [-0.15, -0.1) is 5.10 Å². The van der Waals surface area contributed by atoms with Crippen LogP contribution in [0.15, 0.2) is 63.2 Å². The number of benzene rings is 2. The molecule has 0 aliphatic carbocycles. The van der Waals surface area contributed by atoms with E-state index in [1.54, 1.807) is 17.6 Å². The molecule has 1 heterocycles. The summed E-state index contributed by atoms with van der Waals surface area (Å²) in [5, 5.41) is 8.47. The fourth-order valence-corrected chi connectivity index (χ4v) is 3.11. The van der Waals surface area contributed by atoms with Crippen LogP contribution in [-0.2, 0) is 7.05 Å². The third kappa shape index (κ3) is 2.73. The molecule has 0 N–H and O–H groups in total. The van der Waals surface area contributed by atoms with Crippen molar-refractivity contribution in [2.75, 3.05) is 0 Å². The van der Waals surface area contributed by atoms with Gasteiger partial charge in [0.15, 0.2) is 0 Å². The van der Waals surface area contributed by atoms with E-state index in [1.165, 1.54) is 10.2 Å². The van der Waals surface area contributed by atoms with Crippen LogP contribution in [0, 0.1) is 0 Å². The Balaban J connectivity index is 1.94. The van der Waals surface area contributed by atoms with Crippen LogP contribution >= 0.6 is 27.3 Å². The predicted octanol–water partition coefficient (Wildman–Crippen LogP) is 3.94. The SMILES string of the molecule is Cn1/c(=N\N=C/c2ccc(Br)cc2)sc2ccccc21. The molecule has 0 aliphatic rings. The molecule has 1 aromatic heterocycles. The number of aryl methyl sites for hydroxylation is 1. The maximum absolute atomic E-state index is 4.30. The van der Waals surface area contributed by atoms with E-state index >= 15 is 0 Å². The summed E-state index contributed by atoms with van der Waals surface area (Å²) in [6.45, 7) is 0. The third-order valence-electron chi connectivity index (χ3n) is 2.93. The molecule has 0 atom stereocenters. The van der Waals surface area contributed by atoms with E-state index in [9.17, 15) is 0 Å². The lowest BCUT2D eigenvalue weighted by molar-refractivity contribution is 0.889. The van der Waals surface area contributed by atoms with Gasteiger partial charge in [-0.05, 0) is 29.8 Å². The number of nitrogens with zero attached hydrogens (tertiary/aromatic N) is 3. The second-order valence-electron chi connectivity index (χ2n) is 4.31. The van der Waals surface area contributed by atoms with Crippen LogP contribution in [0.3, 0.4) is 0 Å². The van der Waals surface area contributed by atoms with E-state index in [2.05, 4.69) is 42.8 Å². The fourth-order valence-electron chi connectivity index (χ4n) is 1.87. The first kappa shape index (κ1) is 13.3. The third-order valence-corrected chi connectivity index (χ3v) is 4.57. The highest BCUT2D eigenvalue weighted by Crippen LogP contribution is 2.15. The van der Waals surface area contributed by atoms with Gasteiger partial charge in [-0.1, -0.05) is 51.5 Å². The molecular weight excluding hydrogens is 334 g/mol. The summed E-state index contributed by atoms with van der Waals surface area (Å²) >= 11 is 5.05. The van der Waals surface area contributed by atoms with Crippen molar-refractivity contribution in [3.8, 4) is 0 Å². The average Bonchev–Trinajstić information content (AvgIpc) is 2.78. The summed E-state index contributed by atoms with van der Waals surface area (Å²) in [6, 6.07) is 16.2. The van der Waals surface area contributed by atoms with E-state index in [-0.39, 0.29) is 0 Å². The first-order valence-electron chi connectivity index (χ1n) is 6.11. The van der Waals surface area contributed by atoms with Crippen molar-refractivity contribution in [1.82, 2.24) is 4.57 Å². The monoisotopic (exact) mass is 345 g/mol. The Hall–Kier alpha value is -1.72. The van der Waals surface area contributed by atoms with Crippen LogP contribution in [0.4, 0.5) is 0 Å². The minimum Gasteiger partial charge on any atom is -0.318 e. The molecule has 3 nitrogen and oxygen atoms in total. The second kappa shape index (κ2) is 5.73. The molecule has 0 spiro atoms. The molecule has 3 aromatic rings.